The summed E-state index contributed by atoms with van der Waals surface area (Å²) < 4.78 is 32.5. The van der Waals surface area contributed by atoms with Crippen LogP contribution in [0.3, 0.4) is 0 Å². The van der Waals surface area contributed by atoms with Crippen molar-refractivity contribution in [3.63, 3.8) is 0 Å². The topological polar surface area (TPSA) is 118 Å². The van der Waals surface area contributed by atoms with Crippen LogP contribution in [0.15, 0.2) is 35.4 Å². The lowest BCUT2D eigenvalue weighted by atomic mass is 10.1. The molecule has 29 heavy (non-hydrogen) atoms. The van der Waals surface area contributed by atoms with Gasteiger partial charge >= 0.3 is 0 Å². The Balaban J connectivity index is 1.80. The number of carbonyl (C=O) groups excluding carboxylic acids is 2. The zero-order valence-electron chi connectivity index (χ0n) is 16.5. The molecule has 1 aromatic carbocycles. The van der Waals surface area contributed by atoms with Crippen molar-refractivity contribution in [2.75, 3.05) is 24.2 Å². The minimum absolute atomic E-state index is 0.00331. The van der Waals surface area contributed by atoms with Gasteiger partial charge in [-0.15, -0.1) is 0 Å². The van der Waals surface area contributed by atoms with E-state index in [2.05, 4.69) is 15.6 Å². The van der Waals surface area contributed by atoms with Crippen molar-refractivity contribution in [1.29, 1.82) is 0 Å². The number of aryl methyl sites for hydroxylation is 2. The lowest BCUT2D eigenvalue weighted by molar-refractivity contribution is -0.122. The molecule has 0 spiro atoms. The molecule has 10 heteroatoms. The van der Waals surface area contributed by atoms with Crippen molar-refractivity contribution in [2.45, 2.75) is 31.8 Å². The van der Waals surface area contributed by atoms with Gasteiger partial charge in [-0.05, 0) is 50.1 Å². The summed E-state index contributed by atoms with van der Waals surface area (Å²) in [6, 6.07) is 6.38. The van der Waals surface area contributed by atoms with Gasteiger partial charge < -0.3 is 15.4 Å². The van der Waals surface area contributed by atoms with Crippen LogP contribution in [0.25, 0.3) is 0 Å². The maximum atomic E-state index is 13.0. The summed E-state index contributed by atoms with van der Waals surface area (Å²) in [4.78, 5) is 28.1. The molecule has 3 rings (SSSR count). The Morgan fingerprint density at radius 3 is 2.72 bits per heavy atom. The van der Waals surface area contributed by atoms with Crippen LogP contribution in [-0.4, -0.2) is 49.2 Å². The van der Waals surface area contributed by atoms with E-state index in [-0.39, 0.29) is 23.1 Å². The highest BCUT2D eigenvalue weighted by Gasteiger charge is 2.30. The van der Waals surface area contributed by atoms with E-state index in [1.165, 1.54) is 19.2 Å². The van der Waals surface area contributed by atoms with E-state index >= 15 is 0 Å². The molecule has 154 valence electrons. The minimum Gasteiger partial charge on any atom is -0.479 e. The molecule has 0 aliphatic carbocycles. The number of likely N-dealkylation sites (N-methyl/N-ethyl adjacent to an activating group) is 1. The average molecular weight is 418 g/mol. The van der Waals surface area contributed by atoms with Gasteiger partial charge in [-0.3, -0.25) is 9.59 Å². The smallest absolute Gasteiger partial charge is 0.265 e. The largest absolute Gasteiger partial charge is 0.479 e. The lowest BCUT2D eigenvalue weighted by Gasteiger charge is -2.25. The maximum absolute atomic E-state index is 13.0. The van der Waals surface area contributed by atoms with E-state index < -0.39 is 22.0 Å². The van der Waals surface area contributed by atoms with Gasteiger partial charge in [0.2, 0.25) is 15.9 Å². The first-order chi connectivity index (χ1) is 13.6. The van der Waals surface area contributed by atoms with Crippen molar-refractivity contribution in [2.24, 2.45) is 0 Å². The standard InChI is InChI=1S/C19H22N4O5S/c1-11-5-6-20-17(7-11)22-18(24)10-23(4)29(26,27)16-9-15-14(8-12(16)2)21-19(25)13(3)28-15/h5-9,13H,10H2,1-4H3,(H,21,25)(H,20,22,24)/t13-/m0/s1. The number of benzene rings is 1. The highest BCUT2D eigenvalue weighted by Crippen LogP contribution is 2.35. The number of nitrogens with one attached hydrogen (secondary N) is 2. The molecule has 2 aromatic rings. The Morgan fingerprint density at radius 2 is 2.03 bits per heavy atom. The van der Waals surface area contributed by atoms with Crippen LogP contribution in [0.4, 0.5) is 11.5 Å². The van der Waals surface area contributed by atoms with E-state index in [1.807, 2.05) is 6.92 Å². The lowest BCUT2D eigenvalue weighted by Crippen LogP contribution is -2.36. The number of nitrogens with zero attached hydrogens (tertiary/aromatic N) is 2. The van der Waals surface area contributed by atoms with Crippen LogP contribution in [0.1, 0.15) is 18.1 Å². The molecule has 1 aliphatic rings. The summed E-state index contributed by atoms with van der Waals surface area (Å²) in [7, 11) is -2.65. The molecule has 2 heterocycles. The van der Waals surface area contributed by atoms with Crippen molar-refractivity contribution < 1.29 is 22.7 Å². The molecule has 0 saturated carbocycles. The van der Waals surface area contributed by atoms with Crippen LogP contribution in [0.5, 0.6) is 5.75 Å². The number of sulfonamides is 1. The van der Waals surface area contributed by atoms with E-state index in [1.54, 1.807) is 32.2 Å². The Bertz CT molecular complexity index is 1080. The highest BCUT2D eigenvalue weighted by molar-refractivity contribution is 7.89. The molecule has 0 fully saturated rings. The monoisotopic (exact) mass is 418 g/mol. The summed E-state index contributed by atoms with van der Waals surface area (Å²) in [6.07, 6.45) is 0.827. The van der Waals surface area contributed by atoms with Crippen LogP contribution in [-0.2, 0) is 19.6 Å². The third-order valence-corrected chi connectivity index (χ3v) is 6.39. The Kier molecular flexibility index (Phi) is 5.58. The summed E-state index contributed by atoms with van der Waals surface area (Å²) in [5.74, 6) is -0.194. The molecule has 1 aromatic heterocycles. The number of fused-ring (bicyclic) bond motifs is 1. The van der Waals surface area contributed by atoms with Crippen molar-refractivity contribution in [3.8, 4) is 5.75 Å². The number of ether oxygens (including phenoxy) is 1. The van der Waals surface area contributed by atoms with Gasteiger partial charge in [0.25, 0.3) is 5.91 Å². The predicted octanol–water partition coefficient (Wildman–Crippen LogP) is 1.68. The zero-order valence-corrected chi connectivity index (χ0v) is 17.3. The zero-order chi connectivity index (χ0) is 21.3. The van der Waals surface area contributed by atoms with Crippen molar-refractivity contribution in [3.05, 3.63) is 41.6 Å². The quantitative estimate of drug-likeness (QED) is 0.763. The van der Waals surface area contributed by atoms with E-state index in [0.717, 1.165) is 9.87 Å². The fourth-order valence-electron chi connectivity index (χ4n) is 2.86. The molecular formula is C19H22N4O5S. The van der Waals surface area contributed by atoms with Crippen LogP contribution in [0, 0.1) is 13.8 Å². The predicted molar refractivity (Wildman–Crippen MR) is 107 cm³/mol. The third kappa shape index (κ3) is 4.38. The number of hydrogen-bond donors (Lipinski definition) is 2. The fourth-order valence-corrected chi connectivity index (χ4v) is 4.21. The minimum atomic E-state index is -3.97. The first kappa shape index (κ1) is 20.7. The van der Waals surface area contributed by atoms with Crippen molar-refractivity contribution in [1.82, 2.24) is 9.29 Å². The summed E-state index contributed by atoms with van der Waals surface area (Å²) in [5.41, 5.74) is 1.76. The SMILES string of the molecule is Cc1ccnc(NC(=O)CN(C)S(=O)(=O)c2cc3c(cc2C)NC(=O)[C@H](C)O3)c1. The summed E-state index contributed by atoms with van der Waals surface area (Å²) in [6.45, 7) is 4.66. The molecule has 2 amide bonds. The molecule has 9 nitrogen and oxygen atoms in total. The summed E-state index contributed by atoms with van der Waals surface area (Å²) >= 11 is 0. The fraction of sp³-hybridized carbons (Fsp3) is 0.316. The molecule has 0 radical (unpaired) electrons. The van der Waals surface area contributed by atoms with Gasteiger partial charge in [0, 0.05) is 19.3 Å². The number of rotatable bonds is 5. The molecule has 0 unspecified atom stereocenters. The van der Waals surface area contributed by atoms with E-state index in [4.69, 9.17) is 4.74 Å². The van der Waals surface area contributed by atoms with Crippen molar-refractivity contribution >= 4 is 33.3 Å². The summed E-state index contributed by atoms with van der Waals surface area (Å²) in [5, 5.41) is 5.26. The molecule has 0 bridgehead atoms. The Morgan fingerprint density at radius 1 is 1.31 bits per heavy atom. The number of aromatic nitrogens is 1. The Hall–Kier alpha value is -2.98. The maximum Gasteiger partial charge on any atom is 0.265 e. The highest BCUT2D eigenvalue weighted by atomic mass is 32.2. The molecule has 1 aliphatic heterocycles. The van der Waals surface area contributed by atoms with Gasteiger partial charge in [-0.1, -0.05) is 0 Å². The molecule has 1 atom stereocenters. The number of anilines is 2. The van der Waals surface area contributed by atoms with Crippen LogP contribution >= 0.6 is 0 Å². The number of pyridine rings is 1. The second-order valence-corrected chi connectivity index (χ2v) is 8.90. The normalized spacial score (nSPS) is 16.0. The van der Waals surface area contributed by atoms with Crippen LogP contribution < -0.4 is 15.4 Å². The second kappa shape index (κ2) is 7.80. The first-order valence-corrected chi connectivity index (χ1v) is 10.3. The van der Waals surface area contributed by atoms with Gasteiger partial charge in [-0.2, -0.15) is 4.31 Å². The van der Waals surface area contributed by atoms with E-state index in [0.29, 0.717) is 17.1 Å². The van der Waals surface area contributed by atoms with E-state index in [9.17, 15) is 18.0 Å². The number of hydrogen-bond acceptors (Lipinski definition) is 6. The average Bonchev–Trinajstić information content (AvgIpc) is 2.62. The van der Waals surface area contributed by atoms with Gasteiger partial charge in [0.15, 0.2) is 6.10 Å². The van der Waals surface area contributed by atoms with Gasteiger partial charge in [0.05, 0.1) is 17.1 Å². The molecular weight excluding hydrogens is 396 g/mol. The number of amides is 2. The van der Waals surface area contributed by atoms with Gasteiger partial charge in [0.1, 0.15) is 11.6 Å². The van der Waals surface area contributed by atoms with Crippen LogP contribution in [0.2, 0.25) is 0 Å². The molecule has 2 N–H and O–H groups in total. The Labute approximate surface area is 169 Å². The first-order valence-electron chi connectivity index (χ1n) is 8.89. The third-order valence-electron chi connectivity index (χ3n) is 4.45. The second-order valence-electron chi connectivity index (χ2n) is 6.89. The number of carbonyl (C=O) groups is 2. The van der Waals surface area contributed by atoms with Gasteiger partial charge in [-0.25, -0.2) is 13.4 Å². The molecule has 0 saturated heterocycles.